The van der Waals surface area contributed by atoms with E-state index in [9.17, 15) is 9.90 Å². The zero-order valence-electron chi connectivity index (χ0n) is 12.6. The number of aromatic carboxylic acids is 1. The number of aromatic nitrogens is 1. The quantitative estimate of drug-likeness (QED) is 0.894. The van der Waals surface area contributed by atoms with Gasteiger partial charge in [0.1, 0.15) is 5.82 Å². The predicted octanol–water partition coefficient (Wildman–Crippen LogP) is 3.53. The molecule has 0 bridgehead atoms. The lowest BCUT2D eigenvalue weighted by Gasteiger charge is -2.23. The van der Waals surface area contributed by atoms with E-state index < -0.39 is 5.97 Å². The van der Waals surface area contributed by atoms with Crippen molar-refractivity contribution in [2.45, 2.75) is 45.4 Å². The molecule has 1 aliphatic rings. The first kappa shape index (κ1) is 14.8. The van der Waals surface area contributed by atoms with E-state index in [4.69, 9.17) is 0 Å². The summed E-state index contributed by atoms with van der Waals surface area (Å²) < 4.78 is 0. The predicted molar refractivity (Wildman–Crippen MR) is 80.5 cm³/mol. The second kappa shape index (κ2) is 6.25. The van der Waals surface area contributed by atoms with E-state index in [-0.39, 0.29) is 5.92 Å². The highest BCUT2D eigenvalue weighted by molar-refractivity contribution is 5.88. The van der Waals surface area contributed by atoms with Crippen molar-refractivity contribution in [1.82, 2.24) is 4.98 Å². The monoisotopic (exact) mass is 276 g/mol. The van der Waals surface area contributed by atoms with Crippen LogP contribution in [0.3, 0.4) is 0 Å². The average Bonchev–Trinajstić information content (AvgIpc) is 2.90. The van der Waals surface area contributed by atoms with Crippen LogP contribution >= 0.6 is 0 Å². The fourth-order valence-electron chi connectivity index (χ4n) is 2.83. The molecule has 20 heavy (non-hydrogen) atoms. The molecule has 1 heterocycles. The standard InChI is InChI=1S/C16H24N2O2/c1-11(2)14-8-13(16(19)20)9-15(17-14)18(3)10-12-6-4-5-7-12/h8-9,11-12H,4-7,10H2,1-3H3,(H,19,20). The fraction of sp³-hybridized carbons (Fsp3) is 0.625. The Bertz CT molecular complexity index is 479. The molecule has 1 aromatic heterocycles. The van der Waals surface area contributed by atoms with Crippen LogP contribution in [0, 0.1) is 5.92 Å². The lowest BCUT2D eigenvalue weighted by molar-refractivity contribution is 0.0696. The summed E-state index contributed by atoms with van der Waals surface area (Å²) in [5.74, 6) is 0.844. The van der Waals surface area contributed by atoms with Crippen molar-refractivity contribution in [2.75, 3.05) is 18.5 Å². The third-order valence-electron chi connectivity index (χ3n) is 4.07. The van der Waals surface area contributed by atoms with Crippen LogP contribution in [-0.4, -0.2) is 29.7 Å². The highest BCUT2D eigenvalue weighted by Crippen LogP contribution is 2.27. The Morgan fingerprint density at radius 2 is 2.05 bits per heavy atom. The summed E-state index contributed by atoms with van der Waals surface area (Å²) >= 11 is 0. The van der Waals surface area contributed by atoms with Crippen molar-refractivity contribution in [3.63, 3.8) is 0 Å². The van der Waals surface area contributed by atoms with E-state index in [0.29, 0.717) is 5.56 Å². The fourth-order valence-corrected chi connectivity index (χ4v) is 2.83. The van der Waals surface area contributed by atoms with Crippen LogP contribution in [0.5, 0.6) is 0 Å². The number of nitrogens with zero attached hydrogens (tertiary/aromatic N) is 2. The normalized spacial score (nSPS) is 15.8. The summed E-state index contributed by atoms with van der Waals surface area (Å²) in [6.07, 6.45) is 5.19. The molecule has 1 aromatic rings. The van der Waals surface area contributed by atoms with Crippen LogP contribution in [0.4, 0.5) is 5.82 Å². The molecule has 0 saturated heterocycles. The minimum atomic E-state index is -0.884. The second-order valence-electron chi connectivity index (χ2n) is 6.13. The molecule has 0 unspecified atom stereocenters. The molecule has 0 spiro atoms. The van der Waals surface area contributed by atoms with Gasteiger partial charge in [0.25, 0.3) is 0 Å². The largest absolute Gasteiger partial charge is 0.478 e. The molecule has 0 aliphatic heterocycles. The van der Waals surface area contributed by atoms with E-state index in [1.165, 1.54) is 25.7 Å². The lowest BCUT2D eigenvalue weighted by Crippen LogP contribution is -2.25. The van der Waals surface area contributed by atoms with Gasteiger partial charge in [0.05, 0.1) is 5.56 Å². The van der Waals surface area contributed by atoms with Gasteiger partial charge in [-0.3, -0.25) is 0 Å². The summed E-state index contributed by atoms with van der Waals surface area (Å²) in [6.45, 7) is 5.04. The third-order valence-corrected chi connectivity index (χ3v) is 4.07. The molecular formula is C16H24N2O2. The molecule has 1 fully saturated rings. The van der Waals surface area contributed by atoms with Crippen LogP contribution in [0.25, 0.3) is 0 Å². The number of pyridine rings is 1. The maximum atomic E-state index is 11.2. The molecule has 1 saturated carbocycles. The Morgan fingerprint density at radius 1 is 1.40 bits per heavy atom. The number of carboxylic acid groups (broad SMARTS) is 1. The van der Waals surface area contributed by atoms with Gasteiger partial charge in [0.15, 0.2) is 0 Å². The molecule has 1 aliphatic carbocycles. The summed E-state index contributed by atoms with van der Waals surface area (Å²) in [6, 6.07) is 3.36. The molecule has 0 aromatic carbocycles. The zero-order chi connectivity index (χ0) is 14.7. The highest BCUT2D eigenvalue weighted by atomic mass is 16.4. The maximum Gasteiger partial charge on any atom is 0.335 e. The van der Waals surface area contributed by atoms with Crippen LogP contribution < -0.4 is 4.90 Å². The maximum absolute atomic E-state index is 11.2. The van der Waals surface area contributed by atoms with Crippen molar-refractivity contribution in [2.24, 2.45) is 5.92 Å². The summed E-state index contributed by atoms with van der Waals surface area (Å²) in [5.41, 5.74) is 1.18. The first-order valence-corrected chi connectivity index (χ1v) is 7.43. The van der Waals surface area contributed by atoms with E-state index in [0.717, 1.165) is 24.0 Å². The molecule has 0 amide bonds. The van der Waals surface area contributed by atoms with Gasteiger partial charge in [-0.2, -0.15) is 0 Å². The van der Waals surface area contributed by atoms with Gasteiger partial charge in [-0.05, 0) is 36.8 Å². The number of rotatable bonds is 5. The Kier molecular flexibility index (Phi) is 4.63. The highest BCUT2D eigenvalue weighted by Gasteiger charge is 2.19. The topological polar surface area (TPSA) is 53.4 Å². The summed E-state index contributed by atoms with van der Waals surface area (Å²) in [7, 11) is 2.01. The van der Waals surface area contributed by atoms with Crippen molar-refractivity contribution in [3.05, 3.63) is 23.4 Å². The molecule has 110 valence electrons. The molecule has 4 nitrogen and oxygen atoms in total. The third kappa shape index (κ3) is 3.50. The Hall–Kier alpha value is -1.58. The smallest absolute Gasteiger partial charge is 0.335 e. The molecule has 1 N–H and O–H groups in total. The zero-order valence-corrected chi connectivity index (χ0v) is 12.6. The average molecular weight is 276 g/mol. The van der Waals surface area contributed by atoms with E-state index in [2.05, 4.69) is 9.88 Å². The second-order valence-corrected chi connectivity index (χ2v) is 6.13. The molecule has 0 radical (unpaired) electrons. The number of hydrogen-bond acceptors (Lipinski definition) is 3. The van der Waals surface area contributed by atoms with Crippen molar-refractivity contribution < 1.29 is 9.90 Å². The Morgan fingerprint density at radius 3 is 2.60 bits per heavy atom. The minimum Gasteiger partial charge on any atom is -0.478 e. The molecule has 4 heteroatoms. The summed E-state index contributed by atoms with van der Waals surface area (Å²) in [4.78, 5) is 18.0. The van der Waals surface area contributed by atoms with Gasteiger partial charge in [-0.15, -0.1) is 0 Å². The number of carbonyl (C=O) groups is 1. The van der Waals surface area contributed by atoms with Crippen molar-refractivity contribution in [1.29, 1.82) is 0 Å². The van der Waals surface area contributed by atoms with Gasteiger partial charge < -0.3 is 10.0 Å². The van der Waals surface area contributed by atoms with Crippen LogP contribution in [0.2, 0.25) is 0 Å². The Labute approximate surface area is 120 Å². The first-order valence-electron chi connectivity index (χ1n) is 7.43. The van der Waals surface area contributed by atoms with Gasteiger partial charge in [0.2, 0.25) is 0 Å². The van der Waals surface area contributed by atoms with E-state index in [1.807, 2.05) is 20.9 Å². The Balaban J connectivity index is 2.22. The SMILES string of the molecule is CC(C)c1cc(C(=O)O)cc(N(C)CC2CCCC2)n1. The molecular weight excluding hydrogens is 252 g/mol. The van der Waals surface area contributed by atoms with Crippen LogP contribution in [0.1, 0.15) is 61.5 Å². The molecule has 0 atom stereocenters. The lowest BCUT2D eigenvalue weighted by atomic mass is 10.1. The van der Waals surface area contributed by atoms with E-state index >= 15 is 0 Å². The van der Waals surface area contributed by atoms with Crippen molar-refractivity contribution in [3.8, 4) is 0 Å². The van der Waals surface area contributed by atoms with Crippen LogP contribution in [0.15, 0.2) is 12.1 Å². The minimum absolute atomic E-state index is 0.230. The number of carboxylic acids is 1. The molecule has 2 rings (SSSR count). The van der Waals surface area contributed by atoms with Crippen molar-refractivity contribution >= 4 is 11.8 Å². The van der Waals surface area contributed by atoms with Crippen LogP contribution in [-0.2, 0) is 0 Å². The van der Waals surface area contributed by atoms with Gasteiger partial charge in [0, 0.05) is 19.3 Å². The van der Waals surface area contributed by atoms with Gasteiger partial charge >= 0.3 is 5.97 Å². The van der Waals surface area contributed by atoms with E-state index in [1.54, 1.807) is 12.1 Å². The first-order chi connectivity index (χ1) is 9.47. The van der Waals surface area contributed by atoms with Gasteiger partial charge in [-0.1, -0.05) is 26.7 Å². The number of anilines is 1. The summed E-state index contributed by atoms with van der Waals surface area (Å²) in [5, 5.41) is 9.24. The number of hydrogen-bond donors (Lipinski definition) is 1. The van der Waals surface area contributed by atoms with Gasteiger partial charge in [-0.25, -0.2) is 9.78 Å².